The molecule has 7 heteroatoms. The van der Waals surface area contributed by atoms with Gasteiger partial charge in [-0.25, -0.2) is 5.43 Å². The Balaban J connectivity index is 1.74. The number of ether oxygens (including phenoxy) is 1. The number of hydrogen-bond donors (Lipinski definition) is 1. The van der Waals surface area contributed by atoms with Gasteiger partial charge in [0.25, 0.3) is 5.91 Å². The molecule has 0 saturated carbocycles. The first-order valence-corrected chi connectivity index (χ1v) is 8.48. The number of rotatable bonds is 6. The van der Waals surface area contributed by atoms with Gasteiger partial charge in [-0.1, -0.05) is 0 Å². The fourth-order valence-corrected chi connectivity index (χ4v) is 2.73. The molecule has 0 saturated heterocycles. The highest BCUT2D eigenvalue weighted by molar-refractivity contribution is 5.94. The van der Waals surface area contributed by atoms with E-state index >= 15 is 0 Å². The van der Waals surface area contributed by atoms with Crippen LogP contribution in [0.1, 0.15) is 32.9 Å². The van der Waals surface area contributed by atoms with Crippen LogP contribution >= 0.6 is 0 Å². The molecule has 0 atom stereocenters. The van der Waals surface area contributed by atoms with Crippen LogP contribution in [0.2, 0.25) is 0 Å². The smallest absolute Gasteiger partial charge is 0.272 e. The predicted molar refractivity (Wildman–Crippen MR) is 103 cm³/mol. The number of aromatic nitrogens is 3. The maximum Gasteiger partial charge on any atom is 0.272 e. The second kappa shape index (κ2) is 8.27. The molecule has 0 bridgehead atoms. The summed E-state index contributed by atoms with van der Waals surface area (Å²) in [5, 5.41) is 8.52. The molecule has 7 nitrogen and oxygen atoms in total. The Morgan fingerprint density at radius 1 is 1.30 bits per heavy atom. The lowest BCUT2D eigenvalue weighted by atomic mass is 10.1. The quantitative estimate of drug-likeness (QED) is 0.539. The van der Waals surface area contributed by atoms with Crippen molar-refractivity contribution in [3.05, 3.63) is 76.9 Å². The van der Waals surface area contributed by atoms with Gasteiger partial charge in [-0.15, -0.1) is 0 Å². The van der Waals surface area contributed by atoms with Gasteiger partial charge < -0.3 is 4.74 Å². The lowest BCUT2D eigenvalue weighted by Crippen LogP contribution is -2.17. The fraction of sp³-hybridized carbons (Fsp3) is 0.200. The Labute approximate surface area is 157 Å². The number of nitrogens with zero attached hydrogens (tertiary/aromatic N) is 4. The van der Waals surface area contributed by atoms with E-state index in [-0.39, 0.29) is 5.91 Å². The average Bonchev–Trinajstić information content (AvgIpc) is 2.99. The van der Waals surface area contributed by atoms with Gasteiger partial charge in [-0.3, -0.25) is 14.5 Å². The zero-order valence-electron chi connectivity index (χ0n) is 15.5. The van der Waals surface area contributed by atoms with Crippen LogP contribution in [0.4, 0.5) is 0 Å². The molecule has 0 fully saturated rings. The Morgan fingerprint density at radius 3 is 2.81 bits per heavy atom. The summed E-state index contributed by atoms with van der Waals surface area (Å²) in [6, 6.07) is 11.1. The second-order valence-electron chi connectivity index (χ2n) is 6.10. The fourth-order valence-electron chi connectivity index (χ4n) is 2.73. The van der Waals surface area contributed by atoms with Gasteiger partial charge in [-0.05, 0) is 55.8 Å². The maximum atomic E-state index is 12.0. The highest BCUT2D eigenvalue weighted by Gasteiger charge is 2.08. The number of carbonyl (C=O) groups excluding carboxylic acids is 1. The van der Waals surface area contributed by atoms with Crippen molar-refractivity contribution in [1.82, 2.24) is 20.2 Å². The summed E-state index contributed by atoms with van der Waals surface area (Å²) in [5.74, 6) is 0.467. The van der Waals surface area contributed by atoms with Gasteiger partial charge in [0.05, 0.1) is 31.1 Å². The largest absolute Gasteiger partial charge is 0.496 e. The molecular weight excluding hydrogens is 342 g/mol. The van der Waals surface area contributed by atoms with E-state index in [0.29, 0.717) is 12.1 Å². The van der Waals surface area contributed by atoms with Crippen molar-refractivity contribution in [3.63, 3.8) is 0 Å². The normalized spacial score (nSPS) is 10.9. The molecule has 0 aliphatic heterocycles. The minimum Gasteiger partial charge on any atom is -0.496 e. The van der Waals surface area contributed by atoms with Crippen molar-refractivity contribution in [1.29, 1.82) is 0 Å². The number of hydrogen-bond acceptors (Lipinski definition) is 5. The van der Waals surface area contributed by atoms with Crippen LogP contribution in [0.25, 0.3) is 0 Å². The molecule has 1 amide bonds. The first-order chi connectivity index (χ1) is 13.1. The number of methoxy groups -OCH3 is 1. The van der Waals surface area contributed by atoms with Crippen LogP contribution in [0.15, 0.2) is 53.9 Å². The Bertz CT molecular complexity index is 964. The van der Waals surface area contributed by atoms with Crippen molar-refractivity contribution in [2.45, 2.75) is 20.4 Å². The molecule has 0 unspecified atom stereocenters. The van der Waals surface area contributed by atoms with E-state index in [4.69, 9.17) is 4.74 Å². The van der Waals surface area contributed by atoms with E-state index in [1.54, 1.807) is 31.7 Å². The minimum absolute atomic E-state index is 0.310. The van der Waals surface area contributed by atoms with Crippen LogP contribution in [-0.4, -0.2) is 34.0 Å². The molecule has 3 aromatic rings. The number of benzene rings is 1. The number of nitrogens with one attached hydrogen (secondary N) is 1. The summed E-state index contributed by atoms with van der Waals surface area (Å²) >= 11 is 0. The number of hydrazone groups is 1. The Kier molecular flexibility index (Phi) is 5.61. The van der Waals surface area contributed by atoms with Gasteiger partial charge in [0.15, 0.2) is 0 Å². The summed E-state index contributed by atoms with van der Waals surface area (Å²) in [7, 11) is 1.64. The van der Waals surface area contributed by atoms with Crippen molar-refractivity contribution in [2.75, 3.05) is 7.11 Å². The zero-order chi connectivity index (χ0) is 19.2. The Hall–Kier alpha value is -3.48. The third kappa shape index (κ3) is 4.58. The van der Waals surface area contributed by atoms with Crippen LogP contribution in [0, 0.1) is 13.8 Å². The van der Waals surface area contributed by atoms with Crippen molar-refractivity contribution < 1.29 is 9.53 Å². The van der Waals surface area contributed by atoms with E-state index in [1.807, 2.05) is 42.8 Å². The lowest BCUT2D eigenvalue weighted by Gasteiger charge is -2.11. The molecular formula is C20H21N5O2. The molecule has 27 heavy (non-hydrogen) atoms. The average molecular weight is 363 g/mol. The highest BCUT2D eigenvalue weighted by atomic mass is 16.5. The van der Waals surface area contributed by atoms with Gasteiger partial charge in [-0.2, -0.15) is 10.2 Å². The summed E-state index contributed by atoms with van der Waals surface area (Å²) in [4.78, 5) is 15.9. The van der Waals surface area contributed by atoms with E-state index < -0.39 is 0 Å². The first-order valence-electron chi connectivity index (χ1n) is 8.48. The minimum atomic E-state index is -0.310. The standard InChI is InChI=1S/C20H21N5O2/c1-14-9-15(2)25(24-14)13-18-10-16(6-7-19(18)27-3)11-22-23-20(26)17-5-4-8-21-12-17/h4-12H,13H2,1-3H3,(H,23,26)/b22-11-. The first kappa shape index (κ1) is 18.3. The molecule has 0 radical (unpaired) electrons. The maximum absolute atomic E-state index is 12.0. The summed E-state index contributed by atoms with van der Waals surface area (Å²) in [5.41, 5.74) is 6.83. The monoisotopic (exact) mass is 363 g/mol. The van der Waals surface area contributed by atoms with Gasteiger partial charge in [0.1, 0.15) is 5.75 Å². The van der Waals surface area contributed by atoms with Crippen molar-refractivity contribution in [3.8, 4) is 5.75 Å². The zero-order valence-corrected chi connectivity index (χ0v) is 15.5. The molecule has 2 heterocycles. The van der Waals surface area contributed by atoms with Crippen molar-refractivity contribution >= 4 is 12.1 Å². The molecule has 0 aliphatic carbocycles. The number of amides is 1. The van der Waals surface area contributed by atoms with Crippen LogP contribution in [-0.2, 0) is 6.54 Å². The van der Waals surface area contributed by atoms with Crippen molar-refractivity contribution in [2.24, 2.45) is 5.10 Å². The molecule has 0 spiro atoms. The van der Waals surface area contributed by atoms with E-state index in [2.05, 4.69) is 20.6 Å². The Morgan fingerprint density at radius 2 is 2.15 bits per heavy atom. The highest BCUT2D eigenvalue weighted by Crippen LogP contribution is 2.21. The summed E-state index contributed by atoms with van der Waals surface area (Å²) in [6.45, 7) is 4.58. The lowest BCUT2D eigenvalue weighted by molar-refractivity contribution is 0.0955. The van der Waals surface area contributed by atoms with Gasteiger partial charge in [0, 0.05) is 23.7 Å². The number of pyridine rings is 1. The van der Waals surface area contributed by atoms with E-state index in [0.717, 1.165) is 28.3 Å². The van der Waals surface area contributed by atoms with Crippen LogP contribution < -0.4 is 10.2 Å². The molecule has 1 N–H and O–H groups in total. The summed E-state index contributed by atoms with van der Waals surface area (Å²) < 4.78 is 7.39. The molecule has 3 rings (SSSR count). The topological polar surface area (TPSA) is 81.4 Å². The molecule has 0 aliphatic rings. The summed E-state index contributed by atoms with van der Waals surface area (Å²) in [6.07, 6.45) is 4.70. The van der Waals surface area contributed by atoms with Crippen LogP contribution in [0.3, 0.4) is 0 Å². The number of aryl methyl sites for hydroxylation is 2. The third-order valence-corrected chi connectivity index (χ3v) is 4.03. The van der Waals surface area contributed by atoms with Gasteiger partial charge in [0.2, 0.25) is 0 Å². The number of carbonyl (C=O) groups is 1. The SMILES string of the molecule is COc1ccc(/C=N\NC(=O)c2cccnc2)cc1Cn1nc(C)cc1C. The molecule has 2 aromatic heterocycles. The van der Waals surface area contributed by atoms with Crippen LogP contribution in [0.5, 0.6) is 5.75 Å². The predicted octanol–water partition coefficient (Wildman–Crippen LogP) is 2.72. The second-order valence-corrected chi connectivity index (χ2v) is 6.10. The van der Waals surface area contributed by atoms with E-state index in [1.165, 1.54) is 6.20 Å². The molecule has 138 valence electrons. The molecule has 1 aromatic carbocycles. The van der Waals surface area contributed by atoms with Gasteiger partial charge >= 0.3 is 0 Å². The van der Waals surface area contributed by atoms with E-state index in [9.17, 15) is 4.79 Å². The third-order valence-electron chi connectivity index (χ3n) is 4.03.